The van der Waals surface area contributed by atoms with Gasteiger partial charge >= 0.3 is 0 Å². The number of benzene rings is 1. The van der Waals surface area contributed by atoms with Gasteiger partial charge in [-0.25, -0.2) is 14.4 Å². The van der Waals surface area contributed by atoms with Gasteiger partial charge in [-0.2, -0.15) is 5.10 Å². The number of nitrogens with one attached hydrogen (secondary N) is 3. The minimum Gasteiger partial charge on any atom is -0.335 e. The van der Waals surface area contributed by atoms with Crippen LogP contribution in [-0.2, 0) is 6.54 Å². The zero-order chi connectivity index (χ0) is 26.2. The fraction of sp³-hybridized carbons (Fsp3) is 0.233. The molecule has 1 aromatic carbocycles. The van der Waals surface area contributed by atoms with Gasteiger partial charge in [0.2, 0.25) is 0 Å². The summed E-state index contributed by atoms with van der Waals surface area (Å²) in [6, 6.07) is 13.0. The van der Waals surface area contributed by atoms with Gasteiger partial charge in [0.25, 0.3) is 0 Å². The Hall–Kier alpha value is -4.50. The number of rotatable bonds is 7. The molecule has 0 aliphatic heterocycles. The number of nitrogens with zero attached hydrogens (tertiary/aromatic N) is 5. The summed E-state index contributed by atoms with van der Waals surface area (Å²) in [5.74, 6) is 0.973. The third kappa shape index (κ3) is 4.55. The molecule has 5 aromatic heterocycles. The summed E-state index contributed by atoms with van der Waals surface area (Å²) in [5.41, 5.74) is 6.47. The minimum atomic E-state index is -0.334. The lowest BCUT2D eigenvalue weighted by atomic mass is 10.0. The van der Waals surface area contributed by atoms with E-state index in [1.807, 2.05) is 42.6 Å². The van der Waals surface area contributed by atoms with E-state index in [1.165, 1.54) is 31.7 Å². The fourth-order valence-corrected chi connectivity index (χ4v) is 5.57. The first kappa shape index (κ1) is 23.6. The number of aromatic nitrogens is 7. The van der Waals surface area contributed by atoms with Gasteiger partial charge in [0, 0.05) is 59.5 Å². The van der Waals surface area contributed by atoms with Crippen LogP contribution in [0.25, 0.3) is 56.0 Å². The van der Waals surface area contributed by atoms with Crippen molar-refractivity contribution in [2.75, 3.05) is 6.54 Å². The number of pyridine rings is 3. The Labute approximate surface area is 224 Å². The normalized spacial score (nSPS) is 14.1. The van der Waals surface area contributed by atoms with E-state index in [-0.39, 0.29) is 5.82 Å². The Kier molecular flexibility index (Phi) is 6.05. The second kappa shape index (κ2) is 9.99. The Bertz CT molecular complexity index is 1770. The molecule has 3 N–H and O–H groups in total. The molecule has 8 nitrogen and oxygen atoms in total. The van der Waals surface area contributed by atoms with Crippen LogP contribution in [0, 0.1) is 11.7 Å². The van der Waals surface area contributed by atoms with Crippen molar-refractivity contribution < 1.29 is 4.39 Å². The van der Waals surface area contributed by atoms with Crippen LogP contribution in [-0.4, -0.2) is 41.7 Å². The predicted molar refractivity (Wildman–Crippen MR) is 149 cm³/mol. The first-order valence-electron chi connectivity index (χ1n) is 13.3. The summed E-state index contributed by atoms with van der Waals surface area (Å²) in [6.45, 7) is 1.72. The van der Waals surface area contributed by atoms with Crippen LogP contribution in [0.15, 0.2) is 67.3 Å². The first-order chi connectivity index (χ1) is 19.2. The van der Waals surface area contributed by atoms with Gasteiger partial charge in [-0.3, -0.25) is 15.1 Å². The monoisotopic (exact) mass is 518 g/mol. The fourth-order valence-electron chi connectivity index (χ4n) is 5.57. The van der Waals surface area contributed by atoms with Crippen molar-refractivity contribution in [2.45, 2.75) is 32.2 Å². The first-order valence-corrected chi connectivity index (χ1v) is 13.3. The second-order valence-electron chi connectivity index (χ2n) is 10.2. The highest BCUT2D eigenvalue weighted by molar-refractivity contribution is 5.97. The zero-order valence-electron chi connectivity index (χ0n) is 21.3. The summed E-state index contributed by atoms with van der Waals surface area (Å²) >= 11 is 0. The summed E-state index contributed by atoms with van der Waals surface area (Å²) in [7, 11) is 0. The van der Waals surface area contributed by atoms with E-state index in [4.69, 9.17) is 4.98 Å². The van der Waals surface area contributed by atoms with Gasteiger partial charge < -0.3 is 10.3 Å². The molecule has 5 heterocycles. The molecular formula is C30H27FN8. The molecule has 7 rings (SSSR count). The molecule has 0 saturated heterocycles. The van der Waals surface area contributed by atoms with Crippen molar-refractivity contribution in [1.29, 1.82) is 0 Å². The maximum absolute atomic E-state index is 15.3. The lowest BCUT2D eigenvalue weighted by molar-refractivity contribution is 0.489. The molecule has 9 heteroatoms. The standard InChI is InChI=1S/C30H27FN8/c31-24-13-26-23(12-22(24)20-11-19(16-33-17-20)15-32-14-18-5-1-2-6-18)28(39-38-26)30-36-27-21(8-10-35-29(27)37-30)25-7-3-4-9-34-25/h3-4,7-13,16-18,32H,1-2,5-6,14-15H2,(H,38,39)(H,35,36,37). The van der Waals surface area contributed by atoms with Crippen molar-refractivity contribution in [3.63, 3.8) is 0 Å². The van der Waals surface area contributed by atoms with E-state index in [9.17, 15) is 0 Å². The van der Waals surface area contributed by atoms with E-state index in [0.717, 1.165) is 45.7 Å². The van der Waals surface area contributed by atoms with Gasteiger partial charge in [0.15, 0.2) is 11.5 Å². The number of fused-ring (bicyclic) bond motifs is 2. The number of imidazole rings is 1. The van der Waals surface area contributed by atoms with E-state index in [1.54, 1.807) is 18.6 Å². The average Bonchev–Trinajstić information content (AvgIpc) is 3.73. The van der Waals surface area contributed by atoms with Crippen LogP contribution in [0.4, 0.5) is 4.39 Å². The number of aromatic amines is 2. The Morgan fingerprint density at radius 1 is 0.974 bits per heavy atom. The van der Waals surface area contributed by atoms with Crippen molar-refractivity contribution in [1.82, 2.24) is 40.4 Å². The topological polar surface area (TPSA) is 108 Å². The third-order valence-electron chi connectivity index (χ3n) is 7.55. The smallest absolute Gasteiger partial charge is 0.178 e. The van der Waals surface area contributed by atoms with E-state index in [2.05, 4.69) is 35.5 Å². The molecule has 1 aliphatic rings. The van der Waals surface area contributed by atoms with Gasteiger partial charge in [0.05, 0.1) is 16.7 Å². The highest BCUT2D eigenvalue weighted by Crippen LogP contribution is 2.33. The molecule has 0 atom stereocenters. The van der Waals surface area contributed by atoms with E-state index in [0.29, 0.717) is 34.8 Å². The van der Waals surface area contributed by atoms with Crippen molar-refractivity contribution in [3.8, 4) is 33.9 Å². The molecule has 1 saturated carbocycles. The molecule has 1 aliphatic carbocycles. The lowest BCUT2D eigenvalue weighted by Gasteiger charge is -2.11. The SMILES string of the molecule is Fc1cc2[nH]nc(-c3nc4nccc(-c5ccccn5)c4[nH]3)c2cc1-c1cncc(CNCC2CCCC2)c1. The summed E-state index contributed by atoms with van der Waals surface area (Å²) in [4.78, 5) is 21.4. The molecule has 0 radical (unpaired) electrons. The van der Waals surface area contributed by atoms with Crippen LogP contribution in [0.3, 0.4) is 0 Å². The Morgan fingerprint density at radius 3 is 2.77 bits per heavy atom. The molecular weight excluding hydrogens is 491 g/mol. The summed E-state index contributed by atoms with van der Waals surface area (Å²) < 4.78 is 15.3. The quantitative estimate of drug-likeness (QED) is 0.238. The predicted octanol–water partition coefficient (Wildman–Crippen LogP) is 6.04. The minimum absolute atomic E-state index is 0.334. The lowest BCUT2D eigenvalue weighted by Crippen LogP contribution is -2.20. The molecule has 194 valence electrons. The molecule has 0 amide bonds. The second-order valence-corrected chi connectivity index (χ2v) is 10.2. The van der Waals surface area contributed by atoms with Gasteiger partial charge in [-0.15, -0.1) is 0 Å². The van der Waals surface area contributed by atoms with Gasteiger partial charge in [0.1, 0.15) is 11.5 Å². The van der Waals surface area contributed by atoms with Crippen molar-refractivity contribution in [2.24, 2.45) is 5.92 Å². The maximum Gasteiger partial charge on any atom is 0.178 e. The van der Waals surface area contributed by atoms with Gasteiger partial charge in [-0.05, 0) is 61.2 Å². The van der Waals surface area contributed by atoms with Crippen LogP contribution in [0.2, 0.25) is 0 Å². The highest BCUT2D eigenvalue weighted by Gasteiger charge is 2.19. The number of hydrogen-bond donors (Lipinski definition) is 3. The number of H-pyrrole nitrogens is 2. The summed E-state index contributed by atoms with van der Waals surface area (Å²) in [6.07, 6.45) is 12.3. The van der Waals surface area contributed by atoms with Gasteiger partial charge in [-0.1, -0.05) is 18.9 Å². The van der Waals surface area contributed by atoms with Crippen LogP contribution in [0.5, 0.6) is 0 Å². The maximum atomic E-state index is 15.3. The molecule has 39 heavy (non-hydrogen) atoms. The Morgan fingerprint density at radius 2 is 1.90 bits per heavy atom. The van der Waals surface area contributed by atoms with Crippen LogP contribution >= 0.6 is 0 Å². The molecule has 0 unspecified atom stereocenters. The van der Waals surface area contributed by atoms with E-state index >= 15 is 4.39 Å². The van der Waals surface area contributed by atoms with Crippen molar-refractivity contribution >= 4 is 22.1 Å². The molecule has 0 bridgehead atoms. The third-order valence-corrected chi connectivity index (χ3v) is 7.55. The van der Waals surface area contributed by atoms with Crippen LogP contribution in [0.1, 0.15) is 31.2 Å². The molecule has 6 aromatic rings. The zero-order valence-corrected chi connectivity index (χ0v) is 21.3. The summed E-state index contributed by atoms with van der Waals surface area (Å²) in [5, 5.41) is 11.7. The largest absolute Gasteiger partial charge is 0.335 e. The Balaban J connectivity index is 1.23. The number of halogens is 1. The number of hydrogen-bond acceptors (Lipinski definition) is 6. The van der Waals surface area contributed by atoms with Crippen molar-refractivity contribution in [3.05, 3.63) is 78.6 Å². The molecule has 0 spiro atoms. The van der Waals surface area contributed by atoms with E-state index < -0.39 is 0 Å². The molecule has 1 fully saturated rings. The van der Waals surface area contributed by atoms with Crippen LogP contribution < -0.4 is 5.32 Å². The highest BCUT2D eigenvalue weighted by atomic mass is 19.1. The average molecular weight is 519 g/mol.